The number of hydrogen-bond acceptors (Lipinski definition) is 5. The van der Waals surface area contributed by atoms with Crippen LogP contribution < -0.4 is 4.74 Å². The molecular weight excluding hydrogens is 377 g/mol. The highest BCUT2D eigenvalue weighted by atomic mass is 19.1. The summed E-state index contributed by atoms with van der Waals surface area (Å²) in [7, 11) is 1.55. The molecule has 0 aliphatic heterocycles. The molecule has 0 heterocycles. The number of carbonyl (C=O) groups is 3. The number of amides is 1. The van der Waals surface area contributed by atoms with E-state index in [4.69, 9.17) is 9.47 Å². The second-order valence-corrected chi connectivity index (χ2v) is 6.55. The van der Waals surface area contributed by atoms with Crippen LogP contribution in [0.3, 0.4) is 0 Å². The Labute approximate surface area is 169 Å². The van der Waals surface area contributed by atoms with Crippen molar-refractivity contribution in [2.75, 3.05) is 13.7 Å². The molecule has 0 aliphatic rings. The van der Waals surface area contributed by atoms with Crippen molar-refractivity contribution in [2.45, 2.75) is 32.9 Å². The van der Waals surface area contributed by atoms with E-state index in [0.717, 1.165) is 0 Å². The normalized spacial score (nSPS) is 11.4. The van der Waals surface area contributed by atoms with Gasteiger partial charge in [-0.2, -0.15) is 0 Å². The maximum absolute atomic E-state index is 13.3. The Balaban J connectivity index is 1.81. The lowest BCUT2D eigenvalue weighted by atomic mass is 10.1. The number of likely N-dealkylation sites (N-methyl/N-ethyl adjacent to an activating group) is 1. The lowest BCUT2D eigenvalue weighted by molar-refractivity contribution is -0.160. The Kier molecular flexibility index (Phi) is 7.88. The molecule has 0 radical (unpaired) electrons. The van der Waals surface area contributed by atoms with E-state index < -0.39 is 18.0 Å². The van der Waals surface area contributed by atoms with Crippen molar-refractivity contribution in [1.82, 2.24) is 4.90 Å². The summed E-state index contributed by atoms with van der Waals surface area (Å²) in [6, 6.07) is 12.4. The van der Waals surface area contributed by atoms with E-state index in [1.807, 2.05) is 0 Å². The highest BCUT2D eigenvalue weighted by Gasteiger charge is 2.22. The first kappa shape index (κ1) is 22.1. The molecule has 0 N–H and O–H groups in total. The van der Waals surface area contributed by atoms with Gasteiger partial charge in [0.2, 0.25) is 0 Å². The molecule has 2 rings (SSSR count). The van der Waals surface area contributed by atoms with Gasteiger partial charge in [0.25, 0.3) is 5.91 Å². The van der Waals surface area contributed by atoms with Crippen LogP contribution in [-0.4, -0.2) is 42.3 Å². The number of esters is 1. The largest absolute Gasteiger partial charge is 0.482 e. The molecule has 0 bridgehead atoms. The quantitative estimate of drug-likeness (QED) is 0.476. The predicted molar refractivity (Wildman–Crippen MR) is 105 cm³/mol. The Morgan fingerprint density at radius 1 is 1.10 bits per heavy atom. The van der Waals surface area contributed by atoms with Crippen molar-refractivity contribution in [2.24, 2.45) is 0 Å². The number of carbonyl (C=O) groups excluding carboxylic acids is 3. The lowest BCUT2D eigenvalue weighted by Crippen LogP contribution is -2.37. The second kappa shape index (κ2) is 10.4. The third-order valence-electron chi connectivity index (χ3n) is 4.20. The average Bonchev–Trinajstić information content (AvgIpc) is 2.71. The highest BCUT2D eigenvalue weighted by Crippen LogP contribution is 2.14. The summed E-state index contributed by atoms with van der Waals surface area (Å²) < 4.78 is 23.7. The van der Waals surface area contributed by atoms with Crippen molar-refractivity contribution in [3.05, 3.63) is 65.5 Å². The van der Waals surface area contributed by atoms with Crippen LogP contribution in [0.1, 0.15) is 36.2 Å². The van der Waals surface area contributed by atoms with E-state index in [0.29, 0.717) is 23.3 Å². The molecule has 1 unspecified atom stereocenters. The molecule has 0 aliphatic carbocycles. The fraction of sp³-hybridized carbons (Fsp3) is 0.318. The first-order valence-corrected chi connectivity index (χ1v) is 9.25. The molecular formula is C22H24FNO5. The van der Waals surface area contributed by atoms with Crippen molar-refractivity contribution in [3.8, 4) is 5.75 Å². The number of halogens is 1. The number of rotatable bonds is 9. The fourth-order valence-electron chi connectivity index (χ4n) is 2.66. The standard InChI is InChI=1S/C22H24FNO5/c1-4-20(25)17-8-10-19(11-9-17)28-14-21(26)29-15(2)22(27)24(3)13-16-6-5-7-18(23)12-16/h5-12,15H,4,13-14H2,1-3H3. The van der Waals surface area contributed by atoms with Gasteiger partial charge in [0.15, 0.2) is 18.5 Å². The number of ether oxygens (including phenoxy) is 2. The summed E-state index contributed by atoms with van der Waals surface area (Å²) in [6.45, 7) is 3.07. The first-order chi connectivity index (χ1) is 13.8. The van der Waals surface area contributed by atoms with Gasteiger partial charge in [-0.05, 0) is 48.9 Å². The lowest BCUT2D eigenvalue weighted by Gasteiger charge is -2.21. The van der Waals surface area contributed by atoms with Crippen LogP contribution in [0.2, 0.25) is 0 Å². The van der Waals surface area contributed by atoms with Gasteiger partial charge in [-0.15, -0.1) is 0 Å². The van der Waals surface area contributed by atoms with E-state index in [2.05, 4.69) is 0 Å². The third kappa shape index (κ3) is 6.71. The maximum atomic E-state index is 13.3. The molecule has 154 valence electrons. The SMILES string of the molecule is CCC(=O)c1ccc(OCC(=O)OC(C)C(=O)N(C)Cc2cccc(F)c2)cc1. The number of hydrogen-bond donors (Lipinski definition) is 0. The maximum Gasteiger partial charge on any atom is 0.344 e. The van der Waals surface area contributed by atoms with Crippen molar-refractivity contribution < 1.29 is 28.2 Å². The fourth-order valence-corrected chi connectivity index (χ4v) is 2.66. The Bertz CT molecular complexity index is 866. The first-order valence-electron chi connectivity index (χ1n) is 9.25. The molecule has 6 nitrogen and oxygen atoms in total. The molecule has 7 heteroatoms. The van der Waals surface area contributed by atoms with Gasteiger partial charge in [-0.3, -0.25) is 9.59 Å². The highest BCUT2D eigenvalue weighted by molar-refractivity contribution is 5.95. The average molecular weight is 401 g/mol. The van der Waals surface area contributed by atoms with Crippen molar-refractivity contribution in [1.29, 1.82) is 0 Å². The zero-order valence-electron chi connectivity index (χ0n) is 16.7. The van der Waals surface area contributed by atoms with Gasteiger partial charge in [0.05, 0.1) is 0 Å². The summed E-state index contributed by atoms with van der Waals surface area (Å²) in [5, 5.41) is 0. The van der Waals surface area contributed by atoms with Crippen LogP contribution in [0.15, 0.2) is 48.5 Å². The number of benzene rings is 2. The zero-order valence-corrected chi connectivity index (χ0v) is 16.7. The minimum atomic E-state index is -1.01. The zero-order chi connectivity index (χ0) is 21.4. The minimum Gasteiger partial charge on any atom is -0.482 e. The molecule has 1 atom stereocenters. The molecule has 0 saturated carbocycles. The molecule has 2 aromatic rings. The molecule has 0 saturated heterocycles. The number of Topliss-reactive ketones (excluding diaryl/α,β-unsaturated/α-hetero) is 1. The number of nitrogens with zero attached hydrogens (tertiary/aromatic N) is 1. The topological polar surface area (TPSA) is 72.9 Å². The van der Waals surface area contributed by atoms with Crippen molar-refractivity contribution in [3.63, 3.8) is 0 Å². The van der Waals surface area contributed by atoms with Gasteiger partial charge >= 0.3 is 5.97 Å². The monoisotopic (exact) mass is 401 g/mol. The second-order valence-electron chi connectivity index (χ2n) is 6.55. The molecule has 1 amide bonds. The van der Waals surface area contributed by atoms with Crippen LogP contribution in [0, 0.1) is 5.82 Å². The molecule has 2 aromatic carbocycles. The molecule has 0 aromatic heterocycles. The summed E-state index contributed by atoms with van der Waals surface area (Å²) in [5.41, 5.74) is 1.20. The van der Waals surface area contributed by atoms with E-state index in [9.17, 15) is 18.8 Å². The van der Waals surface area contributed by atoms with Crippen LogP contribution in [0.25, 0.3) is 0 Å². The van der Waals surface area contributed by atoms with Crippen LogP contribution in [-0.2, 0) is 20.9 Å². The predicted octanol–water partition coefficient (Wildman–Crippen LogP) is 3.39. The minimum absolute atomic E-state index is 0.0191. The van der Waals surface area contributed by atoms with Gasteiger partial charge in [-0.1, -0.05) is 19.1 Å². The van der Waals surface area contributed by atoms with Crippen LogP contribution in [0.4, 0.5) is 4.39 Å². The van der Waals surface area contributed by atoms with E-state index in [-0.39, 0.29) is 24.8 Å². The summed E-state index contributed by atoms with van der Waals surface area (Å²) >= 11 is 0. The third-order valence-corrected chi connectivity index (χ3v) is 4.20. The van der Waals surface area contributed by atoms with E-state index in [1.165, 1.54) is 24.0 Å². The summed E-state index contributed by atoms with van der Waals surface area (Å²) in [5.74, 6) is -1.06. The van der Waals surface area contributed by atoms with Crippen LogP contribution in [0.5, 0.6) is 5.75 Å². The van der Waals surface area contributed by atoms with Crippen LogP contribution >= 0.6 is 0 Å². The van der Waals surface area contributed by atoms with Gasteiger partial charge in [-0.25, -0.2) is 9.18 Å². The van der Waals surface area contributed by atoms with Gasteiger partial charge in [0.1, 0.15) is 11.6 Å². The summed E-state index contributed by atoms with van der Waals surface area (Å²) in [4.78, 5) is 37.3. The van der Waals surface area contributed by atoms with Gasteiger partial charge < -0.3 is 14.4 Å². The Morgan fingerprint density at radius 3 is 2.41 bits per heavy atom. The Morgan fingerprint density at radius 2 is 1.79 bits per heavy atom. The Hall–Kier alpha value is -3.22. The van der Waals surface area contributed by atoms with Gasteiger partial charge in [0, 0.05) is 25.6 Å². The number of ketones is 1. The van der Waals surface area contributed by atoms with Crippen molar-refractivity contribution >= 4 is 17.7 Å². The smallest absolute Gasteiger partial charge is 0.344 e. The molecule has 29 heavy (non-hydrogen) atoms. The van der Waals surface area contributed by atoms with E-state index in [1.54, 1.807) is 50.4 Å². The summed E-state index contributed by atoms with van der Waals surface area (Å²) in [6.07, 6.45) is -0.597. The molecule has 0 fully saturated rings. The van der Waals surface area contributed by atoms with E-state index >= 15 is 0 Å². The molecule has 0 spiro atoms.